The molecule has 6 fully saturated rings. The summed E-state index contributed by atoms with van der Waals surface area (Å²) >= 11 is 0. The van der Waals surface area contributed by atoms with Crippen LogP contribution in [0, 0.1) is 11.3 Å². The molecule has 0 unspecified atom stereocenters. The third-order valence-electron chi connectivity index (χ3n) is 11.7. The van der Waals surface area contributed by atoms with Crippen molar-refractivity contribution in [3.8, 4) is 6.07 Å². The molecule has 6 heterocycles. The maximum Gasteiger partial charge on any atom is 0.515 e. The van der Waals surface area contributed by atoms with Gasteiger partial charge in [-0.05, 0) is 0 Å². The van der Waals surface area contributed by atoms with Crippen molar-refractivity contribution in [2.75, 3.05) is 0 Å². The van der Waals surface area contributed by atoms with Crippen molar-refractivity contribution in [2.45, 2.75) is 12.5 Å². The highest BCUT2D eigenvalue weighted by Gasteiger charge is 2.86. The Balaban J connectivity index is 1.30. The molecule has 0 amide bonds. The van der Waals surface area contributed by atoms with E-state index in [0.717, 1.165) is 0 Å². The van der Waals surface area contributed by atoms with Gasteiger partial charge in [0.05, 0.1) is 6.07 Å². The highest BCUT2D eigenvalue weighted by atomic mass is 28.6. The zero-order chi connectivity index (χ0) is 44.4. The van der Waals surface area contributed by atoms with Crippen LogP contribution < -0.4 is 36.3 Å². The molecule has 7 aromatic rings. The van der Waals surface area contributed by atoms with E-state index in [2.05, 4.69) is 6.07 Å². The molecule has 0 aromatic heterocycles. The molecule has 6 aliphatic rings. The minimum absolute atomic E-state index is 0.0502. The van der Waals surface area contributed by atoms with E-state index in [4.69, 9.17) is 49.4 Å². The molecule has 0 radical (unpaired) electrons. The second-order valence-corrected chi connectivity index (χ2v) is 39.5. The Kier molecular flexibility index (Phi) is 10.5. The number of nitriles is 1. The molecule has 66 heavy (non-hydrogen) atoms. The number of hydrogen-bond donors (Lipinski definition) is 0. The summed E-state index contributed by atoms with van der Waals surface area (Å²) in [6, 6.07) is 68.6. The second-order valence-electron chi connectivity index (χ2n) is 16.0. The van der Waals surface area contributed by atoms with Gasteiger partial charge in [-0.2, -0.15) is 5.26 Å². The Morgan fingerprint density at radius 1 is 0.258 bits per heavy atom. The van der Waals surface area contributed by atoms with Gasteiger partial charge in [0.2, 0.25) is 0 Å². The van der Waals surface area contributed by atoms with Gasteiger partial charge in [0.1, 0.15) is 0 Å². The first-order valence-corrected chi connectivity index (χ1v) is 35.5. The smallest absolute Gasteiger partial charge is 0.370 e. The van der Waals surface area contributed by atoms with Crippen LogP contribution in [-0.2, 0) is 49.4 Å². The first kappa shape index (κ1) is 42.6. The van der Waals surface area contributed by atoms with E-state index in [1.54, 1.807) is 0 Å². The monoisotopic (exact) mass is 1010 g/mol. The van der Waals surface area contributed by atoms with Crippen LogP contribution in [0.5, 0.6) is 0 Å². The summed E-state index contributed by atoms with van der Waals surface area (Å²) < 4.78 is 95.6. The normalized spacial score (nSPS) is 34.2. The summed E-state index contributed by atoms with van der Waals surface area (Å²) in [5.41, 5.74) is 0. The van der Waals surface area contributed by atoms with E-state index in [0.29, 0.717) is 36.3 Å². The molecule has 328 valence electrons. The summed E-state index contributed by atoms with van der Waals surface area (Å²) in [6.45, 7) is 0. The van der Waals surface area contributed by atoms with E-state index in [9.17, 15) is 5.26 Å². The van der Waals surface area contributed by atoms with Crippen LogP contribution in [0.25, 0.3) is 0 Å². The van der Waals surface area contributed by atoms with Gasteiger partial charge >= 0.3 is 70.4 Å². The zero-order valence-electron chi connectivity index (χ0n) is 35.0. The minimum atomic E-state index is -4.73. The Labute approximate surface area is 390 Å². The third kappa shape index (κ3) is 6.95. The topological polar surface area (TPSA) is 135 Å². The van der Waals surface area contributed by atoms with Crippen molar-refractivity contribution in [2.24, 2.45) is 0 Å². The van der Waals surface area contributed by atoms with Crippen molar-refractivity contribution < 1.29 is 49.4 Å². The highest BCUT2D eigenvalue weighted by Crippen LogP contribution is 2.49. The first-order valence-electron chi connectivity index (χ1n) is 21.5. The average Bonchev–Trinajstić information content (AvgIpc) is 3.34. The fourth-order valence-corrected chi connectivity index (χ4v) is 55.2. The maximum atomic E-state index is 10.5. The van der Waals surface area contributed by atoms with Gasteiger partial charge in [-0.25, -0.2) is 0 Å². The molecule has 0 spiro atoms. The molecule has 21 heteroatoms. The van der Waals surface area contributed by atoms with Crippen LogP contribution in [0.2, 0.25) is 6.04 Å². The molecule has 13 rings (SSSR count). The Morgan fingerprint density at radius 2 is 0.424 bits per heavy atom. The number of nitrogens with zero attached hydrogens (tertiary/aromatic N) is 1. The lowest BCUT2D eigenvalue weighted by atomic mass is 10.4. The molecule has 0 aliphatic carbocycles. The maximum absolute atomic E-state index is 10.5. The average molecular weight is 1010 g/mol. The Hall–Kier alpha value is -4.71. The van der Waals surface area contributed by atoms with E-state index >= 15 is 0 Å². The fraction of sp³-hybridized carbons (Fsp3) is 0.0444. The van der Waals surface area contributed by atoms with E-state index in [1.165, 1.54) is 0 Å². The molecule has 7 aromatic carbocycles. The van der Waals surface area contributed by atoms with Crippen molar-refractivity contribution in [3.63, 3.8) is 0 Å². The number of rotatable bonds is 9. The zero-order valence-corrected chi connectivity index (χ0v) is 43.0. The first-order chi connectivity index (χ1) is 32.3. The van der Waals surface area contributed by atoms with Gasteiger partial charge in [-0.1, -0.05) is 212 Å². The van der Waals surface area contributed by atoms with Crippen molar-refractivity contribution in [1.82, 2.24) is 0 Å². The van der Waals surface area contributed by atoms with E-state index in [-0.39, 0.29) is 12.5 Å². The van der Waals surface area contributed by atoms with Gasteiger partial charge in [0, 0.05) is 48.8 Å². The van der Waals surface area contributed by atoms with E-state index < -0.39 is 70.4 Å². The lowest BCUT2D eigenvalue weighted by molar-refractivity contribution is -0.00653. The quantitative estimate of drug-likeness (QED) is 0.197. The second kappa shape index (κ2) is 16.2. The lowest BCUT2D eigenvalue weighted by Crippen LogP contribution is -2.95. The molecule has 6 saturated heterocycles. The van der Waals surface area contributed by atoms with Crippen LogP contribution in [-0.4, -0.2) is 70.4 Å². The van der Waals surface area contributed by atoms with Crippen LogP contribution in [0.3, 0.4) is 0 Å². The number of hydrogen-bond acceptors (Lipinski definition) is 13. The summed E-state index contributed by atoms with van der Waals surface area (Å²) in [7, 11) is -37.6. The molecule has 0 N–H and O–H groups in total. The van der Waals surface area contributed by atoms with Crippen molar-refractivity contribution >= 4 is 107 Å². The van der Waals surface area contributed by atoms with Crippen LogP contribution in [0.1, 0.15) is 6.42 Å². The standard InChI is InChI=1S/C45H39NO12Si8/c46-37-22-38-59-47-60(39-23-8-1-9-24-39)50-63(42-29-14-4-15-30-42)52-61(48-59,40-25-10-2-11-26-40)54-65(44-33-18-6-19-34-44)55-62(49-59,41-27-12-3-13-28-41)53-64(51-60,43-31-16-5-17-32-43)57-66(56-63,58-65)45-35-20-7-21-36-45/h1-21,23-36H,22,38H2. The summed E-state index contributed by atoms with van der Waals surface area (Å²) in [5.74, 6) is 0. The summed E-state index contributed by atoms with van der Waals surface area (Å²) in [5, 5.41) is 14.3. The van der Waals surface area contributed by atoms with Gasteiger partial charge < -0.3 is 49.4 Å². The van der Waals surface area contributed by atoms with Crippen LogP contribution in [0.4, 0.5) is 0 Å². The molecule has 6 aliphatic heterocycles. The van der Waals surface area contributed by atoms with Crippen LogP contribution >= 0.6 is 0 Å². The van der Waals surface area contributed by atoms with Crippen molar-refractivity contribution in [1.29, 1.82) is 5.26 Å². The molecular formula is C45H39NO12Si8. The van der Waals surface area contributed by atoms with E-state index in [1.807, 2.05) is 212 Å². The van der Waals surface area contributed by atoms with Crippen LogP contribution in [0.15, 0.2) is 212 Å². The molecule has 13 nitrogen and oxygen atoms in total. The SMILES string of the molecule is N#CCC[Si]12O[Si]3(c4ccccc4)O[Si]4(c5ccccc5)O[Si](c5ccccc5)(O1)O[Si]1(c5ccccc5)O[Si](c5ccccc5)(O2)O[Si](c2ccccc2)(O3)O[Si](c2ccccc2)(O4)O1. The predicted molar refractivity (Wildman–Crippen MR) is 257 cm³/mol. The van der Waals surface area contributed by atoms with Gasteiger partial charge in [0.15, 0.2) is 0 Å². The fourth-order valence-electron chi connectivity index (χ4n) is 8.80. The predicted octanol–water partition coefficient (Wildman–Crippen LogP) is 3.03. The lowest BCUT2D eigenvalue weighted by Gasteiger charge is -2.62. The molecule has 0 saturated carbocycles. The van der Waals surface area contributed by atoms with Crippen molar-refractivity contribution in [3.05, 3.63) is 212 Å². The highest BCUT2D eigenvalue weighted by molar-refractivity contribution is 7.13. The van der Waals surface area contributed by atoms with Gasteiger partial charge in [-0.15, -0.1) is 0 Å². The minimum Gasteiger partial charge on any atom is -0.370 e. The molecule has 8 bridgehead atoms. The number of benzene rings is 7. The summed E-state index contributed by atoms with van der Waals surface area (Å²) in [6.07, 6.45) is -0.0542. The molecular weight excluding hydrogens is 971 g/mol. The summed E-state index contributed by atoms with van der Waals surface area (Å²) in [4.78, 5) is 0. The van der Waals surface area contributed by atoms with Gasteiger partial charge in [0.25, 0.3) is 0 Å². The Morgan fingerprint density at radius 3 is 0.591 bits per heavy atom. The Bertz CT molecular complexity index is 2620. The van der Waals surface area contributed by atoms with Gasteiger partial charge in [-0.3, -0.25) is 0 Å². The molecule has 0 atom stereocenters. The largest absolute Gasteiger partial charge is 0.515 e. The third-order valence-corrected chi connectivity index (χ3v) is 46.2.